The number of aromatic nitrogens is 1. The van der Waals surface area contributed by atoms with Crippen molar-refractivity contribution in [3.8, 4) is 0 Å². The van der Waals surface area contributed by atoms with Crippen LogP contribution in [0, 0.1) is 0 Å². The quantitative estimate of drug-likeness (QED) is 0.857. The van der Waals surface area contributed by atoms with Gasteiger partial charge in [0.1, 0.15) is 0 Å². The molecule has 3 rings (SSSR count). The highest BCUT2D eigenvalue weighted by Crippen LogP contribution is 2.33. The molecule has 1 amide bonds. The lowest BCUT2D eigenvalue weighted by atomic mass is 9.94. The summed E-state index contributed by atoms with van der Waals surface area (Å²) in [6.07, 6.45) is 4.27. The number of benzene rings is 1. The number of fused-ring (bicyclic) bond motifs is 2. The highest BCUT2D eigenvalue weighted by Gasteiger charge is 2.17. The number of carbonyl (C=O) groups excluding carboxylic acids is 1. The van der Waals surface area contributed by atoms with E-state index in [2.05, 4.69) is 4.98 Å². The Morgan fingerprint density at radius 1 is 1.28 bits per heavy atom. The van der Waals surface area contributed by atoms with E-state index in [4.69, 9.17) is 17.3 Å². The molecule has 2 aromatic rings. The molecule has 2 N–H and O–H groups in total. The monoisotopic (exact) mass is 260 g/mol. The van der Waals surface area contributed by atoms with Gasteiger partial charge in [0.2, 0.25) is 5.91 Å². The van der Waals surface area contributed by atoms with E-state index < -0.39 is 5.91 Å². The van der Waals surface area contributed by atoms with E-state index in [1.807, 2.05) is 6.07 Å². The normalized spacial score (nSPS) is 14.5. The number of nitrogens with two attached hydrogens (primary N) is 1. The minimum Gasteiger partial charge on any atom is -0.366 e. The zero-order valence-electron chi connectivity index (χ0n) is 9.87. The van der Waals surface area contributed by atoms with Crippen LogP contribution in [0.25, 0.3) is 10.9 Å². The first kappa shape index (κ1) is 11.5. The van der Waals surface area contributed by atoms with Gasteiger partial charge in [0.05, 0.1) is 10.5 Å². The first-order chi connectivity index (χ1) is 8.66. The Kier molecular flexibility index (Phi) is 2.71. The van der Waals surface area contributed by atoms with Crippen molar-refractivity contribution in [1.82, 2.24) is 4.98 Å². The average molecular weight is 261 g/mol. The molecule has 0 spiro atoms. The Bertz CT molecular complexity index is 652. The van der Waals surface area contributed by atoms with Crippen LogP contribution in [-0.4, -0.2) is 10.9 Å². The number of pyridine rings is 1. The summed E-state index contributed by atoms with van der Waals surface area (Å²) in [5.41, 5.74) is 8.84. The van der Waals surface area contributed by atoms with Gasteiger partial charge in [0.15, 0.2) is 0 Å². The van der Waals surface area contributed by atoms with Gasteiger partial charge in [-0.3, -0.25) is 9.78 Å². The van der Waals surface area contributed by atoms with Crippen molar-refractivity contribution in [2.24, 2.45) is 5.73 Å². The Morgan fingerprint density at radius 2 is 2.06 bits per heavy atom. The summed E-state index contributed by atoms with van der Waals surface area (Å²) in [7, 11) is 0. The van der Waals surface area contributed by atoms with Crippen LogP contribution in [0.4, 0.5) is 0 Å². The fourth-order valence-electron chi connectivity index (χ4n) is 2.52. The molecule has 0 atom stereocenters. The van der Waals surface area contributed by atoms with Gasteiger partial charge in [-0.2, -0.15) is 0 Å². The van der Waals surface area contributed by atoms with Crippen LogP contribution in [0.5, 0.6) is 0 Å². The molecule has 1 aliphatic carbocycles. The lowest BCUT2D eigenvalue weighted by Gasteiger charge is -2.17. The second-order valence-corrected chi connectivity index (χ2v) is 5.03. The summed E-state index contributed by atoms with van der Waals surface area (Å²) < 4.78 is 0. The fraction of sp³-hybridized carbons (Fsp3) is 0.286. The molecule has 0 saturated carbocycles. The highest BCUT2D eigenvalue weighted by atomic mass is 35.5. The Hall–Kier alpha value is -1.61. The topological polar surface area (TPSA) is 56.0 Å². The van der Waals surface area contributed by atoms with Crippen LogP contribution in [0.1, 0.15) is 34.5 Å². The number of carbonyl (C=O) groups is 1. The van der Waals surface area contributed by atoms with Crippen LogP contribution in [-0.2, 0) is 12.8 Å². The summed E-state index contributed by atoms with van der Waals surface area (Å²) in [4.78, 5) is 15.8. The zero-order chi connectivity index (χ0) is 12.7. The lowest BCUT2D eigenvalue weighted by molar-refractivity contribution is 0.100. The number of primary amides is 1. The second kappa shape index (κ2) is 4.25. The second-order valence-electron chi connectivity index (χ2n) is 4.65. The van der Waals surface area contributed by atoms with Crippen LogP contribution >= 0.6 is 11.6 Å². The summed E-state index contributed by atoms with van der Waals surface area (Å²) in [6.45, 7) is 0. The van der Waals surface area contributed by atoms with E-state index in [9.17, 15) is 4.79 Å². The van der Waals surface area contributed by atoms with Crippen LogP contribution in [0.3, 0.4) is 0 Å². The van der Waals surface area contributed by atoms with E-state index in [1.165, 1.54) is 6.42 Å². The maximum Gasteiger partial charge on any atom is 0.248 e. The number of halogens is 1. The number of hydrogen-bond acceptors (Lipinski definition) is 2. The SMILES string of the molecule is NC(=O)c1ccc2nc3c(c(Cl)c2c1)CCCC3. The number of aryl methyl sites for hydroxylation is 1. The van der Waals surface area contributed by atoms with Gasteiger partial charge in [0, 0.05) is 16.6 Å². The van der Waals surface area contributed by atoms with Crippen molar-refractivity contribution in [2.45, 2.75) is 25.7 Å². The highest BCUT2D eigenvalue weighted by molar-refractivity contribution is 6.36. The molecule has 3 nitrogen and oxygen atoms in total. The third kappa shape index (κ3) is 1.75. The third-order valence-electron chi connectivity index (χ3n) is 3.48. The number of nitrogens with zero attached hydrogens (tertiary/aromatic N) is 1. The van der Waals surface area contributed by atoms with Crippen LogP contribution < -0.4 is 5.73 Å². The molecule has 1 heterocycles. The number of hydrogen-bond donors (Lipinski definition) is 1. The van der Waals surface area contributed by atoms with Crippen molar-refractivity contribution >= 4 is 28.4 Å². The average Bonchev–Trinajstić information content (AvgIpc) is 2.38. The predicted molar refractivity (Wildman–Crippen MR) is 71.9 cm³/mol. The Balaban J connectivity index is 2.29. The maximum atomic E-state index is 11.2. The molecule has 0 aliphatic heterocycles. The molecular weight excluding hydrogens is 248 g/mol. The van der Waals surface area contributed by atoms with Crippen molar-refractivity contribution in [1.29, 1.82) is 0 Å². The van der Waals surface area contributed by atoms with E-state index in [0.717, 1.165) is 46.4 Å². The van der Waals surface area contributed by atoms with Crippen molar-refractivity contribution in [3.05, 3.63) is 40.0 Å². The van der Waals surface area contributed by atoms with Gasteiger partial charge >= 0.3 is 0 Å². The smallest absolute Gasteiger partial charge is 0.248 e. The minimum absolute atomic E-state index is 0.439. The van der Waals surface area contributed by atoms with E-state index in [-0.39, 0.29) is 0 Å². The molecule has 92 valence electrons. The number of amides is 1. The van der Waals surface area contributed by atoms with Crippen molar-refractivity contribution < 1.29 is 4.79 Å². The van der Waals surface area contributed by atoms with E-state index in [0.29, 0.717) is 5.56 Å². The summed E-state index contributed by atoms with van der Waals surface area (Å²) in [6, 6.07) is 5.25. The predicted octanol–water partition coefficient (Wildman–Crippen LogP) is 2.87. The molecule has 18 heavy (non-hydrogen) atoms. The summed E-state index contributed by atoms with van der Waals surface area (Å²) in [5.74, 6) is -0.439. The first-order valence-electron chi connectivity index (χ1n) is 6.07. The number of rotatable bonds is 1. The van der Waals surface area contributed by atoms with Gasteiger partial charge in [0.25, 0.3) is 0 Å². The molecule has 0 saturated heterocycles. The summed E-state index contributed by atoms with van der Waals surface area (Å²) in [5, 5.41) is 1.56. The van der Waals surface area contributed by atoms with Crippen LogP contribution in [0.15, 0.2) is 18.2 Å². The van der Waals surface area contributed by atoms with E-state index in [1.54, 1.807) is 12.1 Å². The molecule has 4 heteroatoms. The zero-order valence-corrected chi connectivity index (χ0v) is 10.6. The first-order valence-corrected chi connectivity index (χ1v) is 6.45. The molecule has 0 bridgehead atoms. The maximum absolute atomic E-state index is 11.2. The third-order valence-corrected chi connectivity index (χ3v) is 3.91. The molecule has 1 aromatic heterocycles. The molecule has 0 unspecified atom stereocenters. The molecule has 0 radical (unpaired) electrons. The largest absolute Gasteiger partial charge is 0.366 e. The molecule has 0 fully saturated rings. The standard InChI is InChI=1S/C14H13ClN2O/c15-13-9-3-1-2-4-11(9)17-12-6-5-8(14(16)18)7-10(12)13/h5-7H,1-4H2,(H2,16,18). The Morgan fingerprint density at radius 3 is 2.83 bits per heavy atom. The van der Waals surface area contributed by atoms with Crippen molar-refractivity contribution in [3.63, 3.8) is 0 Å². The molecular formula is C14H13ClN2O. The van der Waals surface area contributed by atoms with Gasteiger partial charge in [-0.15, -0.1) is 0 Å². The van der Waals surface area contributed by atoms with Crippen LogP contribution in [0.2, 0.25) is 5.02 Å². The fourth-order valence-corrected chi connectivity index (χ4v) is 2.87. The van der Waals surface area contributed by atoms with Crippen molar-refractivity contribution in [2.75, 3.05) is 0 Å². The Labute approximate surface area is 110 Å². The van der Waals surface area contributed by atoms with Gasteiger partial charge in [-0.05, 0) is 49.4 Å². The van der Waals surface area contributed by atoms with Gasteiger partial charge in [-0.25, -0.2) is 0 Å². The van der Waals surface area contributed by atoms with Gasteiger partial charge in [-0.1, -0.05) is 11.6 Å². The lowest BCUT2D eigenvalue weighted by Crippen LogP contribution is -2.11. The van der Waals surface area contributed by atoms with Gasteiger partial charge < -0.3 is 5.73 Å². The minimum atomic E-state index is -0.439. The summed E-state index contributed by atoms with van der Waals surface area (Å²) >= 11 is 6.44. The van der Waals surface area contributed by atoms with E-state index >= 15 is 0 Å². The molecule has 1 aliphatic rings. The molecule has 1 aromatic carbocycles.